The number of anilines is 2. The molecule has 0 amide bonds. The van der Waals surface area contributed by atoms with Gasteiger partial charge in [-0.25, -0.2) is 19.5 Å². The van der Waals surface area contributed by atoms with E-state index in [4.69, 9.17) is 10.8 Å². The summed E-state index contributed by atoms with van der Waals surface area (Å²) in [6.07, 6.45) is 11.4. The van der Waals surface area contributed by atoms with E-state index in [1.165, 1.54) is 0 Å². The molecule has 1 saturated carbocycles. The van der Waals surface area contributed by atoms with Gasteiger partial charge in [0.05, 0.1) is 24.1 Å². The maximum Gasteiger partial charge on any atom is 0.222 e. The molecule has 5 rings (SSSR count). The molecule has 0 saturated heterocycles. The van der Waals surface area contributed by atoms with Crippen molar-refractivity contribution in [1.82, 2.24) is 29.5 Å². The maximum atomic E-state index is 6.02. The minimum Gasteiger partial charge on any atom is -0.366 e. The standard InChI is InChI=1S/C22H25N9/c23-16-4-6-17(7-5-16)29-20-8-9-21-25-14-19(31(21)30-20)15-11-26-22(27-12-15)28-13-18-3-1-2-10-24-18/h1-3,8-12,14,16-17H,4-7,13,23H2,(H,29,30)(H,26,27,28). The van der Waals surface area contributed by atoms with Crippen LogP contribution in [0.2, 0.25) is 0 Å². The highest BCUT2D eigenvalue weighted by Gasteiger charge is 2.19. The monoisotopic (exact) mass is 415 g/mol. The molecule has 1 aliphatic rings. The first-order valence-corrected chi connectivity index (χ1v) is 10.6. The highest BCUT2D eigenvalue weighted by atomic mass is 15.3. The van der Waals surface area contributed by atoms with Gasteiger partial charge >= 0.3 is 0 Å². The van der Waals surface area contributed by atoms with Crippen LogP contribution in [0.1, 0.15) is 31.4 Å². The van der Waals surface area contributed by atoms with Crippen LogP contribution in [0.15, 0.2) is 55.1 Å². The highest BCUT2D eigenvalue weighted by Crippen LogP contribution is 2.23. The lowest BCUT2D eigenvalue weighted by Crippen LogP contribution is -2.33. The van der Waals surface area contributed by atoms with Crippen molar-refractivity contribution in [2.75, 3.05) is 10.6 Å². The quantitative estimate of drug-likeness (QED) is 0.440. The van der Waals surface area contributed by atoms with Crippen molar-refractivity contribution in [1.29, 1.82) is 0 Å². The second kappa shape index (κ2) is 8.65. The smallest absolute Gasteiger partial charge is 0.222 e. The molecule has 0 aromatic carbocycles. The van der Waals surface area contributed by atoms with E-state index in [0.29, 0.717) is 24.6 Å². The van der Waals surface area contributed by atoms with E-state index in [-0.39, 0.29) is 0 Å². The molecule has 31 heavy (non-hydrogen) atoms. The predicted molar refractivity (Wildman–Crippen MR) is 119 cm³/mol. The fourth-order valence-electron chi connectivity index (χ4n) is 3.84. The highest BCUT2D eigenvalue weighted by molar-refractivity contribution is 5.62. The fraction of sp³-hybridized carbons (Fsp3) is 0.318. The summed E-state index contributed by atoms with van der Waals surface area (Å²) in [5.74, 6) is 1.39. The molecule has 0 spiro atoms. The van der Waals surface area contributed by atoms with E-state index < -0.39 is 0 Å². The van der Waals surface area contributed by atoms with Crippen LogP contribution in [0.25, 0.3) is 16.9 Å². The molecule has 0 aliphatic heterocycles. The van der Waals surface area contributed by atoms with Gasteiger partial charge in [-0.05, 0) is 49.9 Å². The van der Waals surface area contributed by atoms with Gasteiger partial charge < -0.3 is 16.4 Å². The molecule has 0 atom stereocenters. The molecule has 4 N–H and O–H groups in total. The largest absolute Gasteiger partial charge is 0.366 e. The lowest BCUT2D eigenvalue weighted by molar-refractivity contribution is 0.410. The summed E-state index contributed by atoms with van der Waals surface area (Å²) in [5.41, 5.74) is 9.43. The molecule has 9 heteroatoms. The lowest BCUT2D eigenvalue weighted by Gasteiger charge is -2.27. The van der Waals surface area contributed by atoms with Gasteiger partial charge in [0, 0.05) is 36.2 Å². The summed E-state index contributed by atoms with van der Waals surface area (Å²) in [6.45, 7) is 0.568. The topological polar surface area (TPSA) is 119 Å². The van der Waals surface area contributed by atoms with E-state index in [9.17, 15) is 0 Å². The van der Waals surface area contributed by atoms with Gasteiger partial charge in [0.25, 0.3) is 0 Å². The van der Waals surface area contributed by atoms with Crippen LogP contribution in [0.4, 0.5) is 11.8 Å². The molecule has 4 aromatic heterocycles. The van der Waals surface area contributed by atoms with Crippen LogP contribution in [-0.2, 0) is 6.54 Å². The van der Waals surface area contributed by atoms with Crippen LogP contribution in [0, 0.1) is 0 Å². The number of aromatic nitrogens is 6. The summed E-state index contributed by atoms with van der Waals surface area (Å²) >= 11 is 0. The van der Waals surface area contributed by atoms with Crippen molar-refractivity contribution >= 4 is 17.4 Å². The van der Waals surface area contributed by atoms with Crippen LogP contribution in [0.5, 0.6) is 0 Å². The normalized spacial score (nSPS) is 18.7. The van der Waals surface area contributed by atoms with Crippen LogP contribution < -0.4 is 16.4 Å². The molecule has 158 valence electrons. The van der Waals surface area contributed by atoms with E-state index >= 15 is 0 Å². The summed E-state index contributed by atoms with van der Waals surface area (Å²) in [5, 5.41) is 11.5. The maximum absolute atomic E-state index is 6.02. The lowest BCUT2D eigenvalue weighted by atomic mass is 9.92. The first-order valence-electron chi connectivity index (χ1n) is 10.6. The molecule has 1 aliphatic carbocycles. The zero-order chi connectivity index (χ0) is 21.0. The second-order valence-electron chi connectivity index (χ2n) is 7.86. The molecule has 4 aromatic rings. The average molecular weight is 416 g/mol. The molecule has 9 nitrogen and oxygen atoms in total. The van der Waals surface area contributed by atoms with Crippen LogP contribution >= 0.6 is 0 Å². The Morgan fingerprint density at radius 1 is 0.935 bits per heavy atom. The van der Waals surface area contributed by atoms with E-state index in [2.05, 4.69) is 30.6 Å². The number of imidazole rings is 1. The Hall–Kier alpha value is -3.59. The first kappa shape index (κ1) is 19.4. The SMILES string of the molecule is NC1CCC(Nc2ccc3ncc(-c4cnc(NCc5ccccn5)nc4)n3n2)CC1. The number of rotatable bonds is 6. The Labute approximate surface area is 180 Å². The summed E-state index contributed by atoms with van der Waals surface area (Å²) in [6, 6.07) is 10.5. The van der Waals surface area contributed by atoms with Crippen LogP contribution in [0.3, 0.4) is 0 Å². The van der Waals surface area contributed by atoms with E-state index in [0.717, 1.165) is 54.1 Å². The van der Waals surface area contributed by atoms with Gasteiger partial charge in [0.1, 0.15) is 5.82 Å². The Bertz CT molecular complexity index is 1130. The third-order valence-electron chi connectivity index (χ3n) is 5.59. The summed E-state index contributed by atoms with van der Waals surface area (Å²) in [4.78, 5) is 17.6. The van der Waals surface area contributed by atoms with Gasteiger partial charge in [-0.3, -0.25) is 4.98 Å². The van der Waals surface area contributed by atoms with E-state index in [1.807, 2.05) is 34.8 Å². The molecule has 0 radical (unpaired) electrons. The predicted octanol–water partition coefficient (Wildman–Crippen LogP) is 2.88. The van der Waals surface area contributed by atoms with Crippen molar-refractivity contribution in [3.8, 4) is 11.3 Å². The number of nitrogens with one attached hydrogen (secondary N) is 2. The van der Waals surface area contributed by atoms with Crippen molar-refractivity contribution in [2.24, 2.45) is 5.73 Å². The number of nitrogens with two attached hydrogens (primary N) is 1. The number of hydrogen-bond acceptors (Lipinski definition) is 8. The molecular formula is C22H25N9. The number of nitrogens with zero attached hydrogens (tertiary/aromatic N) is 6. The van der Waals surface area contributed by atoms with Gasteiger partial charge in [-0.15, -0.1) is 5.10 Å². The summed E-state index contributed by atoms with van der Waals surface area (Å²) < 4.78 is 1.83. The Morgan fingerprint density at radius 3 is 2.55 bits per heavy atom. The van der Waals surface area contributed by atoms with Crippen molar-refractivity contribution in [3.63, 3.8) is 0 Å². The zero-order valence-corrected chi connectivity index (χ0v) is 17.1. The third kappa shape index (κ3) is 4.46. The number of fused-ring (bicyclic) bond motifs is 1. The van der Waals surface area contributed by atoms with Gasteiger partial charge in [0.2, 0.25) is 5.95 Å². The minimum absolute atomic E-state index is 0.329. The molecular weight excluding hydrogens is 390 g/mol. The van der Waals surface area contributed by atoms with Crippen molar-refractivity contribution in [3.05, 3.63) is 60.8 Å². The molecule has 0 unspecified atom stereocenters. The van der Waals surface area contributed by atoms with Gasteiger partial charge in [0.15, 0.2) is 5.65 Å². The third-order valence-corrected chi connectivity index (χ3v) is 5.59. The molecule has 4 heterocycles. The molecule has 1 fully saturated rings. The van der Waals surface area contributed by atoms with Crippen LogP contribution in [-0.4, -0.2) is 41.6 Å². The van der Waals surface area contributed by atoms with Gasteiger partial charge in [-0.1, -0.05) is 6.07 Å². The number of pyridine rings is 1. The van der Waals surface area contributed by atoms with Crippen molar-refractivity contribution < 1.29 is 0 Å². The Morgan fingerprint density at radius 2 is 1.77 bits per heavy atom. The Kier molecular flexibility index (Phi) is 5.40. The second-order valence-corrected chi connectivity index (χ2v) is 7.86. The first-order chi connectivity index (χ1) is 15.2. The zero-order valence-electron chi connectivity index (χ0n) is 17.1. The molecule has 0 bridgehead atoms. The van der Waals surface area contributed by atoms with E-state index in [1.54, 1.807) is 24.8 Å². The summed E-state index contributed by atoms with van der Waals surface area (Å²) in [7, 11) is 0. The van der Waals surface area contributed by atoms with Gasteiger partial charge in [-0.2, -0.15) is 0 Å². The Balaban J connectivity index is 1.31. The van der Waals surface area contributed by atoms with Crippen molar-refractivity contribution in [2.45, 2.75) is 44.3 Å². The number of hydrogen-bond donors (Lipinski definition) is 3. The minimum atomic E-state index is 0.329. The average Bonchev–Trinajstić information content (AvgIpc) is 3.24. The fourth-order valence-corrected chi connectivity index (χ4v) is 3.84.